The maximum atomic E-state index is 14.8. The van der Waals surface area contributed by atoms with Crippen molar-refractivity contribution in [2.24, 2.45) is 40.7 Å². The van der Waals surface area contributed by atoms with E-state index in [9.17, 15) is 107 Å². The van der Waals surface area contributed by atoms with Crippen molar-refractivity contribution < 1.29 is 107 Å². The third-order valence-electron chi connectivity index (χ3n) is 20.8. The molecule has 1 aliphatic rings. The molecule has 1 aliphatic heterocycles. The number of likely N-dealkylation sites (tertiary alicyclic amines) is 1. The predicted molar refractivity (Wildman–Crippen MR) is 510 cm³/mol. The fourth-order valence-electron chi connectivity index (χ4n) is 13.8. The smallest absolute Gasteiger partial charge is 0.327 e. The summed E-state index contributed by atoms with van der Waals surface area (Å²) in [5.74, 6) is -21.5. The summed E-state index contributed by atoms with van der Waals surface area (Å²) >= 11 is 10.9. The second-order valence-corrected chi connectivity index (χ2v) is 36.0. The first-order valence-corrected chi connectivity index (χ1v) is 48.0. The van der Waals surface area contributed by atoms with Gasteiger partial charge in [0.05, 0.1) is 25.4 Å². The Balaban J connectivity index is 1.92. The molecule has 47 nitrogen and oxygen atoms in total. The molecule has 0 aliphatic carbocycles. The molecule has 15 amide bonds. The number of phenolic OH excluding ortho intramolecular Hbond substituents is 1. The average Bonchev–Trinajstić information content (AvgIpc) is 1.72. The van der Waals surface area contributed by atoms with E-state index in [-0.39, 0.29) is 150 Å². The number of nitrogens with zero attached hydrogens (tertiary/aromatic N) is 1. The lowest BCUT2D eigenvalue weighted by molar-refractivity contribution is -0.144. The van der Waals surface area contributed by atoms with Gasteiger partial charge >= 0.3 is 17.9 Å². The minimum Gasteiger partial charge on any atom is -0.508 e. The molecule has 2 aromatic rings. The number of carbonyl (C=O) groups excluding carboxylic acids is 15. The summed E-state index contributed by atoms with van der Waals surface area (Å²) in [4.78, 5) is 251. The van der Waals surface area contributed by atoms with Crippen molar-refractivity contribution in [1.82, 2.24) is 95.3 Å². The molecule has 752 valence electrons. The van der Waals surface area contributed by atoms with Gasteiger partial charge < -0.3 is 139 Å². The van der Waals surface area contributed by atoms with E-state index in [0.29, 0.717) is 17.5 Å². The molecule has 0 spiro atoms. The van der Waals surface area contributed by atoms with E-state index in [4.69, 9.17) is 39.2 Å². The number of phenols is 1. The van der Waals surface area contributed by atoms with E-state index in [1.165, 1.54) is 52.7 Å². The lowest BCUT2D eigenvalue weighted by Crippen LogP contribution is -2.61. The summed E-state index contributed by atoms with van der Waals surface area (Å²) in [6.07, 6.45) is 0.951. The molecule has 3 rings (SSSR count). The first-order valence-electron chi connectivity index (χ1n) is 43.9. The summed E-state index contributed by atoms with van der Waals surface area (Å²) in [5.41, 5.74) is 23.3. The third-order valence-corrected chi connectivity index (χ3v) is 22.8. The number of aliphatic carboxylic acids is 3. The van der Waals surface area contributed by atoms with Crippen molar-refractivity contribution in [3.63, 3.8) is 0 Å². The first-order chi connectivity index (χ1) is 63.7. The van der Waals surface area contributed by atoms with Crippen LogP contribution in [0.1, 0.15) is 143 Å². The van der Waals surface area contributed by atoms with Gasteiger partial charge in [-0.3, -0.25) is 97.7 Å². The Morgan fingerprint density at radius 1 is 0.430 bits per heavy atom. The Morgan fingerprint density at radius 2 is 0.807 bits per heavy atom. The van der Waals surface area contributed by atoms with Gasteiger partial charge in [0, 0.05) is 50.5 Å². The van der Waals surface area contributed by atoms with Crippen molar-refractivity contribution in [1.29, 1.82) is 16.2 Å². The quantitative estimate of drug-likeness (QED) is 0.0127. The SMILES string of the molecule is CSCC[C@H](NC(=O)[C@H](CS)NC(=O)[C@H](CCCNC(=N)N)NC(=O)[C@H](CC(C)C)NC(=O)[C@H](CCSC)NC(=O)[C@H](CC(=O)O)NC(=O)[C@H](Cc1ccccc1)NC(=O)[C@@H](N)CC(=O)O)C(=O)N[C@@H](CC(C)C)C(=O)NCC(=O)N[C@@H](CCCNC(=N)N)C(=O)N[C@H](C(=O)N[C@@H](Cc1ccc(O)cc1)C(=O)N[C@@H](CCCNC(=N)N)C(=O)N1CCC[C@H]1C(=O)N[C@@H](CS)C(=O)O)C(C)C. The lowest BCUT2D eigenvalue weighted by Gasteiger charge is -2.31. The number of rotatable bonds is 63. The largest absolute Gasteiger partial charge is 0.508 e. The number of carboxylic acid groups (broad SMARTS) is 3. The zero-order valence-electron chi connectivity index (χ0n) is 76.9. The highest BCUT2D eigenvalue weighted by molar-refractivity contribution is 7.98. The normalized spacial score (nSPS) is 15.3. The Morgan fingerprint density at radius 3 is 1.25 bits per heavy atom. The number of nitrogens with two attached hydrogens (primary N) is 4. The predicted octanol–water partition coefficient (Wildman–Crippen LogP) is -5.15. The van der Waals surface area contributed by atoms with Crippen LogP contribution in [0.3, 0.4) is 0 Å². The van der Waals surface area contributed by atoms with Gasteiger partial charge in [-0.05, 0) is 142 Å². The molecular formula is C84H135N25O22S4. The second kappa shape index (κ2) is 61.7. The van der Waals surface area contributed by atoms with Crippen molar-refractivity contribution >= 4 is 173 Å². The van der Waals surface area contributed by atoms with E-state index in [1.54, 1.807) is 84.4 Å². The number of benzene rings is 2. The average molecular weight is 1980 g/mol. The van der Waals surface area contributed by atoms with Gasteiger partial charge in [0.25, 0.3) is 0 Å². The number of thioether (sulfide) groups is 2. The number of hydrogen-bond acceptors (Lipinski definition) is 27. The van der Waals surface area contributed by atoms with Gasteiger partial charge in [-0.1, -0.05) is 84.0 Å². The van der Waals surface area contributed by atoms with Crippen molar-refractivity contribution in [3.8, 4) is 5.75 Å². The molecule has 0 radical (unpaired) electrons. The van der Waals surface area contributed by atoms with Gasteiger partial charge in [0.15, 0.2) is 17.9 Å². The molecule has 1 saturated heterocycles. The number of amides is 15. The molecule has 0 aromatic heterocycles. The number of aromatic hydroxyl groups is 1. The van der Waals surface area contributed by atoms with E-state index in [0.717, 1.165) is 0 Å². The fourth-order valence-corrected chi connectivity index (χ4v) is 15.2. The van der Waals surface area contributed by atoms with Crippen LogP contribution in [0, 0.1) is 34.0 Å². The summed E-state index contributed by atoms with van der Waals surface area (Å²) < 4.78 is 0. The number of thiol groups is 2. The summed E-state index contributed by atoms with van der Waals surface area (Å²) in [5, 5.41) is 106. The van der Waals surface area contributed by atoms with E-state index >= 15 is 0 Å². The lowest BCUT2D eigenvalue weighted by atomic mass is 9.99. The Labute approximate surface area is 802 Å². The molecule has 51 heteroatoms. The van der Waals surface area contributed by atoms with Gasteiger partial charge in [0.1, 0.15) is 90.3 Å². The van der Waals surface area contributed by atoms with Crippen molar-refractivity contribution in [3.05, 3.63) is 65.7 Å². The maximum Gasteiger partial charge on any atom is 0.327 e. The molecule has 32 N–H and O–H groups in total. The molecule has 1 fully saturated rings. The topological polar surface area (TPSA) is 772 Å². The highest BCUT2D eigenvalue weighted by atomic mass is 32.2. The van der Waals surface area contributed by atoms with Crippen LogP contribution >= 0.6 is 48.8 Å². The fraction of sp³-hybridized carbons (Fsp3) is 0.607. The van der Waals surface area contributed by atoms with Crippen LogP contribution in [0.25, 0.3) is 0 Å². The van der Waals surface area contributed by atoms with Crippen LogP contribution in [0.5, 0.6) is 5.75 Å². The van der Waals surface area contributed by atoms with Gasteiger partial charge in [0.2, 0.25) is 88.6 Å². The molecule has 0 unspecified atom stereocenters. The number of carbonyl (C=O) groups is 18. The van der Waals surface area contributed by atoms with Gasteiger partial charge in [-0.15, -0.1) is 0 Å². The standard InChI is InChI=1S/C84H135N25O22S4/c1-43(2)34-55(68(117)95-40-63(111)96-50(18-12-28-92-82(86)87)72(121)108-66(45(5)6)79(128)105-58(37-47-22-24-48(110)25-23-47)74(123)100-54(20-14-30-94-84(90)91)80(129)109-31-15-21-62(109)78(127)107-61(42-133)81(130)131)102-70(119)53(27-33-135-8)99-77(126)60(41-132)106-69(118)51(19-13-29-93-83(88)89)97-73(122)56(35-44(3)4)103-71(120)52(26-32-134-7)98-76(125)59(39-65(114)115)104-75(124)57(36-46-16-10-9-11-17-46)101-67(116)49(85)38-64(112)113/h9-11,16-17,22-25,43-45,49-62,66,110,132-133H,12-15,18-21,26-42,85H2,1-8H3,(H,95,117)(H,96,111)(H,97,122)(H,98,125)(H,99,126)(H,100,123)(H,101,116)(H,102,119)(H,103,120)(H,104,124)(H,105,128)(H,106,118)(H,107,127)(H,108,121)(H,112,113)(H,114,115)(H,130,131)(H4,86,87,92)(H4,88,89,93)(H4,90,91,94)/t49-,50-,51-,52-,53-,54-,55-,56-,57-,58-,59-,60-,61-,62-,66-/m0/s1. The number of hydrogen-bond donors (Lipinski definition) is 30. The monoisotopic (exact) mass is 1970 g/mol. The molecule has 15 atom stereocenters. The van der Waals surface area contributed by atoms with E-state index in [1.807, 2.05) is 0 Å². The number of carboxylic acids is 3. The molecule has 0 saturated carbocycles. The number of guanidine groups is 3. The van der Waals surface area contributed by atoms with Gasteiger partial charge in [-0.2, -0.15) is 48.8 Å². The van der Waals surface area contributed by atoms with Crippen molar-refractivity contribution in [2.45, 2.75) is 235 Å². The highest BCUT2D eigenvalue weighted by Gasteiger charge is 2.42. The minimum atomic E-state index is -1.90. The molecule has 135 heavy (non-hydrogen) atoms. The van der Waals surface area contributed by atoms with Crippen LogP contribution in [0.15, 0.2) is 54.6 Å². The Kier molecular flexibility index (Phi) is 53.5. The third kappa shape index (κ3) is 44.7. The molecule has 0 bridgehead atoms. The Bertz CT molecular complexity index is 4360. The van der Waals surface area contributed by atoms with Crippen LogP contribution in [-0.4, -0.2) is 309 Å². The second-order valence-electron chi connectivity index (χ2n) is 33.3. The summed E-state index contributed by atoms with van der Waals surface area (Å²) in [6, 6.07) is -8.61. The van der Waals surface area contributed by atoms with E-state index in [2.05, 4.69) is 116 Å². The zero-order chi connectivity index (χ0) is 101. The van der Waals surface area contributed by atoms with E-state index < -0.39 is 240 Å². The summed E-state index contributed by atoms with van der Waals surface area (Å²) in [6.45, 7) is 9.31. The Hall–Kier alpha value is -12.1. The molecule has 2 aromatic carbocycles. The summed E-state index contributed by atoms with van der Waals surface area (Å²) in [7, 11) is 0. The molecular weight excluding hydrogens is 1840 g/mol. The maximum absolute atomic E-state index is 14.8. The van der Waals surface area contributed by atoms with Gasteiger partial charge in [-0.25, -0.2) is 4.79 Å². The minimum absolute atomic E-state index is 0.00391. The molecule has 1 heterocycles. The van der Waals surface area contributed by atoms with Crippen LogP contribution in [0.4, 0.5) is 0 Å². The number of nitrogens with one attached hydrogen (secondary N) is 20. The highest BCUT2D eigenvalue weighted by Crippen LogP contribution is 2.22. The van der Waals surface area contributed by atoms with Crippen molar-refractivity contribution in [2.75, 3.05) is 68.2 Å². The first kappa shape index (κ1) is 117. The van der Waals surface area contributed by atoms with Crippen LogP contribution < -0.4 is 113 Å². The zero-order valence-corrected chi connectivity index (χ0v) is 80.3. The van der Waals surface area contributed by atoms with Crippen LogP contribution in [-0.2, 0) is 99.1 Å². The van der Waals surface area contributed by atoms with Crippen LogP contribution in [0.2, 0.25) is 0 Å².